The highest BCUT2D eigenvalue weighted by molar-refractivity contribution is 5.85. The molecule has 2 N–H and O–H groups in total. The first-order chi connectivity index (χ1) is 18.9. The highest BCUT2D eigenvalue weighted by atomic mass is 16.3. The van der Waals surface area contributed by atoms with Gasteiger partial charge in [0.15, 0.2) is 0 Å². The van der Waals surface area contributed by atoms with E-state index in [1.807, 2.05) is 56.1 Å². The number of ketones is 1. The van der Waals surface area contributed by atoms with Crippen LogP contribution in [0.15, 0.2) is 60.9 Å². The summed E-state index contributed by atoms with van der Waals surface area (Å²) in [5.74, 6) is 0.784. The Bertz CT molecular complexity index is 1400. The number of pyridine rings is 1. The van der Waals surface area contributed by atoms with Gasteiger partial charge in [-0.25, -0.2) is 4.79 Å². The van der Waals surface area contributed by atoms with Gasteiger partial charge >= 0.3 is 6.03 Å². The number of carbonyl (C=O) groups is 2. The number of amides is 2. The molecule has 2 amide bonds. The Hall–Kier alpha value is -3.51. The maximum absolute atomic E-state index is 13.2. The molecular formula is C34H41N3O3. The molecule has 3 aromatic rings. The second-order valence-corrected chi connectivity index (χ2v) is 12.9. The second-order valence-electron chi connectivity index (χ2n) is 12.9. The molecule has 1 aliphatic heterocycles. The van der Waals surface area contributed by atoms with Gasteiger partial charge in [0.25, 0.3) is 0 Å². The lowest BCUT2D eigenvalue weighted by Gasteiger charge is -2.34. The largest absolute Gasteiger partial charge is 0.386 e. The van der Waals surface area contributed by atoms with Crippen molar-refractivity contribution in [2.24, 2.45) is 5.92 Å². The maximum Gasteiger partial charge on any atom is 0.318 e. The molecular weight excluding hydrogens is 498 g/mol. The van der Waals surface area contributed by atoms with Crippen molar-refractivity contribution in [1.29, 1.82) is 0 Å². The molecule has 210 valence electrons. The number of rotatable bonds is 7. The van der Waals surface area contributed by atoms with E-state index in [4.69, 9.17) is 0 Å². The van der Waals surface area contributed by atoms with E-state index < -0.39 is 5.60 Å². The third-order valence-corrected chi connectivity index (χ3v) is 8.11. The first kappa shape index (κ1) is 28.0. The summed E-state index contributed by atoms with van der Waals surface area (Å²) in [6.45, 7) is 10.6. The number of Topliss-reactive ketones (excluding diaryl/α,β-unsaturated/α-hetero) is 1. The number of aryl methyl sites for hydroxylation is 1. The van der Waals surface area contributed by atoms with Crippen LogP contribution in [0, 0.1) is 5.92 Å². The summed E-state index contributed by atoms with van der Waals surface area (Å²) in [5, 5.41) is 13.7. The topological polar surface area (TPSA) is 82.5 Å². The fraction of sp³-hybridized carbons (Fsp3) is 0.441. The maximum atomic E-state index is 13.2. The van der Waals surface area contributed by atoms with Gasteiger partial charge in [0.1, 0.15) is 5.78 Å². The third-order valence-electron chi connectivity index (χ3n) is 8.11. The average molecular weight is 540 g/mol. The van der Waals surface area contributed by atoms with E-state index in [1.54, 1.807) is 20.0 Å². The second kappa shape index (κ2) is 10.8. The zero-order valence-corrected chi connectivity index (χ0v) is 24.3. The lowest BCUT2D eigenvalue weighted by atomic mass is 9.85. The lowest BCUT2D eigenvalue weighted by molar-refractivity contribution is -0.120. The highest BCUT2D eigenvalue weighted by Gasteiger charge is 2.43. The first-order valence-electron chi connectivity index (χ1n) is 14.4. The number of nitrogens with one attached hydrogen (secondary N) is 1. The van der Waals surface area contributed by atoms with Crippen molar-refractivity contribution >= 4 is 11.8 Å². The number of fused-ring (bicyclic) bond motifs is 1. The minimum atomic E-state index is -0.994. The third kappa shape index (κ3) is 6.28. The zero-order valence-electron chi connectivity index (χ0n) is 24.3. The number of nitrogens with zero attached hydrogens (tertiary/aromatic N) is 2. The summed E-state index contributed by atoms with van der Waals surface area (Å²) in [5.41, 5.74) is 6.18. The molecule has 0 saturated heterocycles. The summed E-state index contributed by atoms with van der Waals surface area (Å²) < 4.78 is 0. The van der Waals surface area contributed by atoms with Crippen molar-refractivity contribution in [2.45, 2.75) is 83.9 Å². The number of urea groups is 1. The van der Waals surface area contributed by atoms with E-state index in [-0.39, 0.29) is 17.5 Å². The highest BCUT2D eigenvalue weighted by Crippen LogP contribution is 2.48. The van der Waals surface area contributed by atoms with Crippen molar-refractivity contribution in [2.75, 3.05) is 6.54 Å². The Morgan fingerprint density at radius 2 is 1.77 bits per heavy atom. The molecule has 2 aromatic carbocycles. The van der Waals surface area contributed by atoms with Gasteiger partial charge in [0.05, 0.1) is 5.60 Å². The van der Waals surface area contributed by atoms with Gasteiger partial charge in [-0.15, -0.1) is 0 Å². The van der Waals surface area contributed by atoms with Crippen LogP contribution in [0.2, 0.25) is 0 Å². The van der Waals surface area contributed by atoms with Gasteiger partial charge in [0.2, 0.25) is 0 Å². The van der Waals surface area contributed by atoms with Crippen LogP contribution in [0.4, 0.5) is 4.79 Å². The minimum Gasteiger partial charge on any atom is -0.386 e. The monoisotopic (exact) mass is 539 g/mol. The molecule has 1 fully saturated rings. The number of aromatic nitrogens is 1. The number of hydrogen-bond donors (Lipinski definition) is 2. The number of benzene rings is 2. The van der Waals surface area contributed by atoms with Crippen LogP contribution in [-0.4, -0.2) is 38.9 Å². The summed E-state index contributed by atoms with van der Waals surface area (Å²) in [6, 6.07) is 16.5. The van der Waals surface area contributed by atoms with Crippen molar-refractivity contribution < 1.29 is 14.7 Å². The van der Waals surface area contributed by atoms with Crippen LogP contribution in [-0.2, 0) is 29.8 Å². The van der Waals surface area contributed by atoms with E-state index >= 15 is 0 Å². The summed E-state index contributed by atoms with van der Waals surface area (Å²) >= 11 is 0. The molecule has 1 aliphatic carbocycles. The van der Waals surface area contributed by atoms with Crippen molar-refractivity contribution in [3.8, 4) is 11.1 Å². The van der Waals surface area contributed by atoms with Crippen LogP contribution >= 0.6 is 0 Å². The van der Waals surface area contributed by atoms with Gasteiger partial charge in [-0.3, -0.25) is 9.78 Å². The number of hydrogen-bond acceptors (Lipinski definition) is 4. The van der Waals surface area contributed by atoms with Crippen LogP contribution in [0.5, 0.6) is 0 Å². The smallest absolute Gasteiger partial charge is 0.318 e. The summed E-state index contributed by atoms with van der Waals surface area (Å²) in [6.07, 6.45) is 6.36. The molecule has 6 heteroatoms. The molecule has 5 rings (SSSR count). The minimum absolute atomic E-state index is 0.0695. The van der Waals surface area contributed by atoms with Crippen molar-refractivity contribution in [3.63, 3.8) is 0 Å². The molecule has 0 spiro atoms. The molecule has 40 heavy (non-hydrogen) atoms. The van der Waals surface area contributed by atoms with Crippen LogP contribution in [0.3, 0.4) is 0 Å². The Morgan fingerprint density at radius 3 is 2.48 bits per heavy atom. The SMILES string of the molecule is CC(C)(C)NC(=O)N1CCc2c(-c3cncc(C(C)(C)O)c3)ccc(CCC(=O)C3C[C@H]3c3ccccc3)c2C1. The van der Waals surface area contributed by atoms with Crippen LogP contribution in [0.1, 0.15) is 81.2 Å². The Labute approximate surface area is 237 Å². The van der Waals surface area contributed by atoms with Gasteiger partial charge in [-0.2, -0.15) is 0 Å². The Morgan fingerprint density at radius 1 is 1.02 bits per heavy atom. The normalized spacial score (nSPS) is 18.7. The van der Waals surface area contributed by atoms with Gasteiger partial charge in [-0.05, 0) is 93.7 Å². The quantitative estimate of drug-likeness (QED) is 0.377. The molecule has 0 radical (unpaired) electrons. The Kier molecular flexibility index (Phi) is 7.58. The Balaban J connectivity index is 1.41. The van der Waals surface area contributed by atoms with E-state index in [0.29, 0.717) is 37.6 Å². The van der Waals surface area contributed by atoms with Gasteiger partial charge in [0, 0.05) is 54.5 Å². The molecule has 2 heterocycles. The fourth-order valence-electron chi connectivity index (χ4n) is 5.80. The van der Waals surface area contributed by atoms with Crippen LogP contribution in [0.25, 0.3) is 11.1 Å². The summed E-state index contributed by atoms with van der Waals surface area (Å²) in [4.78, 5) is 32.6. The van der Waals surface area contributed by atoms with E-state index in [0.717, 1.165) is 40.7 Å². The first-order valence-corrected chi connectivity index (χ1v) is 14.4. The average Bonchev–Trinajstić information content (AvgIpc) is 3.72. The predicted octanol–water partition coefficient (Wildman–Crippen LogP) is 6.15. The lowest BCUT2D eigenvalue weighted by Crippen LogP contribution is -2.50. The predicted molar refractivity (Wildman–Crippen MR) is 158 cm³/mol. The molecule has 2 atom stereocenters. The standard InChI is InChI=1S/C34H41N3O3/c1-33(2,3)36-32(39)37-16-15-27-26(24-17-25(20-35-19-24)34(4,5)40)13-11-23(30(27)21-37)12-14-31(38)29-18-28(29)22-9-7-6-8-10-22/h6-11,13,17,19-20,28-29,40H,12,14-16,18,21H2,1-5H3,(H,36,39)/t28-,29?/m0/s1. The van der Waals surface area contributed by atoms with Gasteiger partial charge in [-0.1, -0.05) is 42.5 Å². The van der Waals surface area contributed by atoms with Crippen molar-refractivity contribution in [3.05, 3.63) is 88.7 Å². The molecule has 2 aliphatic rings. The zero-order chi connectivity index (χ0) is 28.7. The summed E-state index contributed by atoms with van der Waals surface area (Å²) in [7, 11) is 0. The van der Waals surface area contributed by atoms with E-state index in [9.17, 15) is 14.7 Å². The van der Waals surface area contributed by atoms with E-state index in [2.05, 4.69) is 34.6 Å². The fourth-order valence-corrected chi connectivity index (χ4v) is 5.80. The number of carbonyl (C=O) groups excluding carboxylic acids is 2. The van der Waals surface area contributed by atoms with E-state index in [1.165, 1.54) is 11.1 Å². The van der Waals surface area contributed by atoms with Gasteiger partial charge < -0.3 is 15.3 Å². The molecule has 6 nitrogen and oxygen atoms in total. The molecule has 1 saturated carbocycles. The number of aliphatic hydroxyl groups is 1. The molecule has 1 aromatic heterocycles. The van der Waals surface area contributed by atoms with Crippen LogP contribution < -0.4 is 5.32 Å². The molecule has 0 bridgehead atoms. The molecule has 1 unspecified atom stereocenters. The van der Waals surface area contributed by atoms with Crippen molar-refractivity contribution in [1.82, 2.24) is 15.2 Å².